The molecule has 1 N–H and O–H groups in total. The SMILES string of the molecule is CN(C)C1CCCN(CC(O)COCc2cccs2)C1. The van der Waals surface area contributed by atoms with Crippen LogP contribution in [0.5, 0.6) is 0 Å². The molecule has 1 aromatic heterocycles. The van der Waals surface area contributed by atoms with Crippen molar-refractivity contribution in [3.63, 3.8) is 0 Å². The smallest absolute Gasteiger partial charge is 0.0900 e. The van der Waals surface area contributed by atoms with Crippen LogP contribution in [0.1, 0.15) is 17.7 Å². The highest BCUT2D eigenvalue weighted by molar-refractivity contribution is 7.09. The van der Waals surface area contributed by atoms with E-state index in [-0.39, 0.29) is 0 Å². The molecular weight excluding hydrogens is 272 g/mol. The minimum Gasteiger partial charge on any atom is -0.389 e. The Hall–Kier alpha value is -0.460. The molecule has 0 radical (unpaired) electrons. The van der Waals surface area contributed by atoms with Gasteiger partial charge in [0.05, 0.1) is 19.3 Å². The second-order valence-electron chi connectivity index (χ2n) is 5.77. The molecule has 0 aliphatic carbocycles. The Labute approximate surface area is 126 Å². The zero-order valence-corrected chi connectivity index (χ0v) is 13.3. The van der Waals surface area contributed by atoms with Crippen LogP contribution in [-0.4, -0.2) is 67.4 Å². The molecule has 4 nitrogen and oxygen atoms in total. The summed E-state index contributed by atoms with van der Waals surface area (Å²) in [6.07, 6.45) is 2.08. The summed E-state index contributed by atoms with van der Waals surface area (Å²) in [7, 11) is 4.27. The van der Waals surface area contributed by atoms with Crippen molar-refractivity contribution < 1.29 is 9.84 Å². The van der Waals surface area contributed by atoms with Gasteiger partial charge in [-0.3, -0.25) is 4.90 Å². The van der Waals surface area contributed by atoms with Gasteiger partial charge in [0.1, 0.15) is 0 Å². The number of likely N-dealkylation sites (tertiary alicyclic amines) is 1. The van der Waals surface area contributed by atoms with Gasteiger partial charge in [-0.15, -0.1) is 11.3 Å². The van der Waals surface area contributed by atoms with Crippen molar-refractivity contribution >= 4 is 11.3 Å². The van der Waals surface area contributed by atoms with Crippen LogP contribution >= 0.6 is 11.3 Å². The number of likely N-dealkylation sites (N-methyl/N-ethyl adjacent to an activating group) is 1. The summed E-state index contributed by atoms with van der Waals surface area (Å²) < 4.78 is 5.58. The molecular formula is C15H26N2O2S. The third kappa shape index (κ3) is 5.14. The second-order valence-corrected chi connectivity index (χ2v) is 6.80. The number of rotatable bonds is 7. The first-order chi connectivity index (χ1) is 9.65. The van der Waals surface area contributed by atoms with E-state index in [1.54, 1.807) is 11.3 Å². The highest BCUT2D eigenvalue weighted by atomic mass is 32.1. The topological polar surface area (TPSA) is 35.9 Å². The summed E-state index contributed by atoms with van der Waals surface area (Å²) in [5, 5.41) is 12.1. The molecule has 1 saturated heterocycles. The van der Waals surface area contributed by atoms with Gasteiger partial charge in [0.15, 0.2) is 0 Å². The van der Waals surface area contributed by atoms with Crippen molar-refractivity contribution in [3.8, 4) is 0 Å². The van der Waals surface area contributed by atoms with E-state index >= 15 is 0 Å². The van der Waals surface area contributed by atoms with Crippen LogP contribution in [0.25, 0.3) is 0 Å². The first-order valence-corrected chi connectivity index (χ1v) is 8.20. The second kappa shape index (κ2) is 8.10. The van der Waals surface area contributed by atoms with Gasteiger partial charge in [-0.1, -0.05) is 6.07 Å². The van der Waals surface area contributed by atoms with E-state index in [0.29, 0.717) is 19.3 Å². The number of thiophene rings is 1. The van der Waals surface area contributed by atoms with E-state index in [9.17, 15) is 5.11 Å². The lowest BCUT2D eigenvalue weighted by Gasteiger charge is -2.36. The van der Waals surface area contributed by atoms with Crippen LogP contribution in [0.2, 0.25) is 0 Å². The standard InChI is InChI=1S/C15H26N2O2S/c1-16(2)13-5-3-7-17(9-13)10-14(18)11-19-12-15-6-4-8-20-15/h4,6,8,13-14,18H,3,5,7,9-12H2,1-2H3. The number of ether oxygens (including phenoxy) is 1. The third-order valence-electron chi connectivity index (χ3n) is 3.81. The molecule has 0 spiro atoms. The van der Waals surface area contributed by atoms with Crippen LogP contribution in [0.3, 0.4) is 0 Å². The minimum atomic E-state index is -0.393. The van der Waals surface area contributed by atoms with Crippen molar-refractivity contribution in [1.82, 2.24) is 9.80 Å². The zero-order chi connectivity index (χ0) is 14.4. The number of aliphatic hydroxyl groups excluding tert-OH is 1. The summed E-state index contributed by atoms with van der Waals surface area (Å²) in [5.74, 6) is 0. The van der Waals surface area contributed by atoms with E-state index in [0.717, 1.165) is 19.6 Å². The predicted molar refractivity (Wildman–Crippen MR) is 83.1 cm³/mol. The molecule has 1 aliphatic heterocycles. The molecule has 5 heteroatoms. The van der Waals surface area contributed by atoms with Crippen LogP contribution in [-0.2, 0) is 11.3 Å². The molecule has 2 rings (SSSR count). The number of aliphatic hydroxyl groups is 1. The molecule has 1 aromatic rings. The quantitative estimate of drug-likeness (QED) is 0.830. The van der Waals surface area contributed by atoms with E-state index in [1.807, 2.05) is 11.4 Å². The first kappa shape index (κ1) is 15.9. The number of hydrogen-bond acceptors (Lipinski definition) is 5. The molecule has 0 bridgehead atoms. The Morgan fingerprint density at radius 2 is 2.40 bits per heavy atom. The minimum absolute atomic E-state index is 0.393. The highest BCUT2D eigenvalue weighted by Crippen LogP contribution is 2.14. The highest BCUT2D eigenvalue weighted by Gasteiger charge is 2.22. The van der Waals surface area contributed by atoms with Gasteiger partial charge in [-0.05, 0) is 44.9 Å². The zero-order valence-electron chi connectivity index (χ0n) is 12.5. The molecule has 1 aliphatic rings. The van der Waals surface area contributed by atoms with E-state index < -0.39 is 6.10 Å². The van der Waals surface area contributed by atoms with Crippen LogP contribution in [0.15, 0.2) is 17.5 Å². The fraction of sp³-hybridized carbons (Fsp3) is 0.733. The Morgan fingerprint density at radius 1 is 1.55 bits per heavy atom. The fourth-order valence-corrected chi connectivity index (χ4v) is 3.30. The van der Waals surface area contributed by atoms with Crippen LogP contribution < -0.4 is 0 Å². The molecule has 20 heavy (non-hydrogen) atoms. The predicted octanol–water partition coefficient (Wildman–Crippen LogP) is 1.65. The molecule has 1 fully saturated rings. The monoisotopic (exact) mass is 298 g/mol. The van der Waals surface area contributed by atoms with E-state index in [1.165, 1.54) is 17.7 Å². The number of hydrogen-bond donors (Lipinski definition) is 1. The van der Waals surface area contributed by atoms with Crippen LogP contribution in [0.4, 0.5) is 0 Å². The van der Waals surface area contributed by atoms with Gasteiger partial charge >= 0.3 is 0 Å². The van der Waals surface area contributed by atoms with Crippen molar-refractivity contribution in [3.05, 3.63) is 22.4 Å². The maximum atomic E-state index is 10.1. The lowest BCUT2D eigenvalue weighted by atomic mass is 10.0. The Morgan fingerprint density at radius 3 is 3.10 bits per heavy atom. The third-order valence-corrected chi connectivity index (χ3v) is 4.66. The maximum absolute atomic E-state index is 10.1. The maximum Gasteiger partial charge on any atom is 0.0900 e. The van der Waals surface area contributed by atoms with Gasteiger partial charge < -0.3 is 14.7 Å². The normalized spacial score (nSPS) is 22.3. The molecule has 0 aromatic carbocycles. The summed E-state index contributed by atoms with van der Waals surface area (Å²) in [4.78, 5) is 5.85. The lowest BCUT2D eigenvalue weighted by molar-refractivity contribution is 0.00169. The van der Waals surface area contributed by atoms with Crippen molar-refractivity contribution in [2.45, 2.75) is 31.6 Å². The van der Waals surface area contributed by atoms with E-state index in [2.05, 4.69) is 30.0 Å². The van der Waals surface area contributed by atoms with Gasteiger partial charge in [-0.25, -0.2) is 0 Å². The molecule has 0 saturated carbocycles. The van der Waals surface area contributed by atoms with Crippen molar-refractivity contribution in [2.24, 2.45) is 0 Å². The summed E-state index contributed by atoms with van der Waals surface area (Å²) >= 11 is 1.69. The molecule has 2 atom stereocenters. The lowest BCUT2D eigenvalue weighted by Crippen LogP contribution is -2.47. The molecule has 2 unspecified atom stereocenters. The average Bonchev–Trinajstić information content (AvgIpc) is 2.92. The van der Waals surface area contributed by atoms with Crippen LogP contribution in [0, 0.1) is 0 Å². The van der Waals surface area contributed by atoms with Gasteiger partial charge in [-0.2, -0.15) is 0 Å². The summed E-state index contributed by atoms with van der Waals surface area (Å²) in [6, 6.07) is 4.70. The Bertz CT molecular complexity index is 370. The Balaban J connectivity index is 1.64. The fourth-order valence-electron chi connectivity index (χ4n) is 2.66. The van der Waals surface area contributed by atoms with Crippen molar-refractivity contribution in [1.29, 1.82) is 0 Å². The largest absolute Gasteiger partial charge is 0.389 e. The number of nitrogens with zero attached hydrogens (tertiary/aromatic N) is 2. The van der Waals surface area contributed by atoms with E-state index in [4.69, 9.17) is 4.74 Å². The van der Waals surface area contributed by atoms with Gasteiger partial charge in [0.25, 0.3) is 0 Å². The molecule has 2 heterocycles. The first-order valence-electron chi connectivity index (χ1n) is 7.32. The number of piperidine rings is 1. The van der Waals surface area contributed by atoms with Crippen molar-refractivity contribution in [2.75, 3.05) is 40.3 Å². The summed E-state index contributed by atoms with van der Waals surface area (Å²) in [5.41, 5.74) is 0. The molecule has 0 amide bonds. The number of β-amino-alcohol motifs (C(OH)–C–C–N with tert-alkyl or cyclic N) is 1. The van der Waals surface area contributed by atoms with Gasteiger partial charge in [0, 0.05) is 24.0 Å². The summed E-state index contributed by atoms with van der Waals surface area (Å²) in [6.45, 7) is 3.88. The molecule has 114 valence electrons. The average molecular weight is 298 g/mol. The Kier molecular flexibility index (Phi) is 6.45. The van der Waals surface area contributed by atoms with Gasteiger partial charge in [0.2, 0.25) is 0 Å².